The van der Waals surface area contributed by atoms with E-state index in [1.54, 1.807) is 0 Å². The first-order valence-corrected chi connectivity index (χ1v) is 9.12. The molecular formula is C19H27N5O. The molecule has 1 unspecified atom stereocenters. The van der Waals surface area contributed by atoms with E-state index in [9.17, 15) is 4.79 Å². The first-order valence-electron chi connectivity index (χ1n) is 9.12. The molecule has 1 amide bonds. The minimum Gasteiger partial charge on any atom is -0.344 e. The summed E-state index contributed by atoms with van der Waals surface area (Å²) < 4.78 is 1.91. The highest BCUT2D eigenvalue weighted by molar-refractivity contribution is 5.93. The van der Waals surface area contributed by atoms with Crippen LogP contribution in [-0.4, -0.2) is 34.0 Å². The Morgan fingerprint density at radius 1 is 1.32 bits per heavy atom. The van der Waals surface area contributed by atoms with Crippen molar-refractivity contribution >= 4 is 5.91 Å². The fraction of sp³-hybridized carbons (Fsp3) is 0.526. The molecule has 1 fully saturated rings. The molecule has 0 saturated carbocycles. The number of aromatic nitrogens is 3. The van der Waals surface area contributed by atoms with Crippen LogP contribution < -0.4 is 10.6 Å². The second kappa shape index (κ2) is 7.78. The van der Waals surface area contributed by atoms with Gasteiger partial charge < -0.3 is 10.6 Å². The zero-order chi connectivity index (χ0) is 17.8. The first kappa shape index (κ1) is 17.6. The molecule has 1 aliphatic rings. The smallest absolute Gasteiger partial charge is 0.274 e. The van der Waals surface area contributed by atoms with E-state index in [2.05, 4.69) is 52.1 Å². The van der Waals surface area contributed by atoms with Gasteiger partial charge in [-0.25, -0.2) is 4.68 Å². The highest BCUT2D eigenvalue weighted by Crippen LogP contribution is 2.21. The summed E-state index contributed by atoms with van der Waals surface area (Å²) in [6.07, 6.45) is 3.05. The van der Waals surface area contributed by atoms with Crippen LogP contribution in [0.3, 0.4) is 0 Å². The van der Waals surface area contributed by atoms with Crippen molar-refractivity contribution in [1.29, 1.82) is 0 Å². The van der Waals surface area contributed by atoms with Crippen LogP contribution in [0.5, 0.6) is 0 Å². The third-order valence-corrected chi connectivity index (χ3v) is 5.03. The van der Waals surface area contributed by atoms with E-state index < -0.39 is 0 Å². The van der Waals surface area contributed by atoms with Crippen molar-refractivity contribution in [3.05, 3.63) is 46.8 Å². The number of hydrogen-bond acceptors (Lipinski definition) is 4. The number of amides is 1. The molecule has 134 valence electrons. The number of nitrogens with zero attached hydrogens (tertiary/aromatic N) is 3. The van der Waals surface area contributed by atoms with Crippen molar-refractivity contribution < 1.29 is 4.79 Å². The predicted octanol–water partition coefficient (Wildman–Crippen LogP) is 2.56. The lowest BCUT2D eigenvalue weighted by Crippen LogP contribution is -2.31. The predicted molar refractivity (Wildman–Crippen MR) is 97.6 cm³/mol. The SMILES string of the molecule is CCc1ccc(C(C)NC(=O)c2nnn(C3CCNCC3)c2C)cc1. The second-order valence-corrected chi connectivity index (χ2v) is 6.74. The number of aryl methyl sites for hydroxylation is 1. The Morgan fingerprint density at radius 2 is 2.00 bits per heavy atom. The summed E-state index contributed by atoms with van der Waals surface area (Å²) in [6.45, 7) is 8.02. The van der Waals surface area contributed by atoms with Crippen molar-refractivity contribution in [2.75, 3.05) is 13.1 Å². The van der Waals surface area contributed by atoms with Gasteiger partial charge in [-0.3, -0.25) is 4.79 Å². The van der Waals surface area contributed by atoms with Gasteiger partial charge in [0.1, 0.15) is 0 Å². The quantitative estimate of drug-likeness (QED) is 0.877. The number of carbonyl (C=O) groups excluding carboxylic acids is 1. The standard InChI is InChI=1S/C19H27N5O/c1-4-15-5-7-16(8-6-15)13(2)21-19(25)18-14(3)24(23-22-18)17-9-11-20-12-10-17/h5-8,13,17,20H,4,9-12H2,1-3H3,(H,21,25). The molecule has 0 spiro atoms. The Morgan fingerprint density at radius 3 is 2.64 bits per heavy atom. The van der Waals surface area contributed by atoms with Crippen molar-refractivity contribution in [1.82, 2.24) is 25.6 Å². The topological polar surface area (TPSA) is 71.8 Å². The second-order valence-electron chi connectivity index (χ2n) is 6.74. The fourth-order valence-corrected chi connectivity index (χ4v) is 3.34. The molecule has 1 saturated heterocycles. The summed E-state index contributed by atoms with van der Waals surface area (Å²) in [5.74, 6) is -0.162. The molecular weight excluding hydrogens is 314 g/mol. The molecule has 2 aromatic rings. The maximum Gasteiger partial charge on any atom is 0.274 e. The van der Waals surface area contributed by atoms with Crippen LogP contribution in [0.4, 0.5) is 0 Å². The third kappa shape index (κ3) is 3.90. The Balaban J connectivity index is 1.69. The molecule has 3 rings (SSSR count). The van der Waals surface area contributed by atoms with Gasteiger partial charge in [-0.15, -0.1) is 5.10 Å². The molecule has 2 heterocycles. The summed E-state index contributed by atoms with van der Waals surface area (Å²) in [5.41, 5.74) is 3.66. The van der Waals surface area contributed by atoms with Crippen LogP contribution in [0.25, 0.3) is 0 Å². The van der Waals surface area contributed by atoms with Crippen LogP contribution in [0.1, 0.15) is 66.1 Å². The van der Waals surface area contributed by atoms with Crippen LogP contribution in [0.15, 0.2) is 24.3 Å². The third-order valence-electron chi connectivity index (χ3n) is 5.03. The normalized spacial score (nSPS) is 16.6. The van der Waals surface area contributed by atoms with E-state index >= 15 is 0 Å². The van der Waals surface area contributed by atoms with Gasteiger partial charge in [0.2, 0.25) is 0 Å². The van der Waals surface area contributed by atoms with Crippen LogP contribution in [0.2, 0.25) is 0 Å². The van der Waals surface area contributed by atoms with Gasteiger partial charge in [-0.2, -0.15) is 0 Å². The molecule has 0 bridgehead atoms. The zero-order valence-corrected chi connectivity index (χ0v) is 15.2. The Labute approximate surface area is 149 Å². The van der Waals surface area contributed by atoms with Crippen LogP contribution >= 0.6 is 0 Å². The van der Waals surface area contributed by atoms with Gasteiger partial charge in [0.05, 0.1) is 17.8 Å². The first-order chi connectivity index (χ1) is 12.1. The van der Waals surface area contributed by atoms with Crippen molar-refractivity contribution in [2.24, 2.45) is 0 Å². The number of carbonyl (C=O) groups is 1. The summed E-state index contributed by atoms with van der Waals surface area (Å²) in [5, 5.41) is 14.8. The Bertz CT molecular complexity index is 716. The van der Waals surface area contributed by atoms with Gasteiger partial charge in [0.25, 0.3) is 5.91 Å². The molecule has 6 heteroatoms. The van der Waals surface area contributed by atoms with Crippen molar-refractivity contribution in [2.45, 2.75) is 52.1 Å². The zero-order valence-electron chi connectivity index (χ0n) is 15.2. The Kier molecular flexibility index (Phi) is 5.48. The molecule has 1 aromatic heterocycles. The molecule has 25 heavy (non-hydrogen) atoms. The van der Waals surface area contributed by atoms with Crippen molar-refractivity contribution in [3.63, 3.8) is 0 Å². The molecule has 2 N–H and O–H groups in total. The molecule has 0 aliphatic carbocycles. The molecule has 6 nitrogen and oxygen atoms in total. The minimum absolute atomic E-state index is 0.0677. The maximum absolute atomic E-state index is 12.6. The maximum atomic E-state index is 12.6. The van der Waals surface area contributed by atoms with E-state index in [1.807, 2.05) is 18.5 Å². The summed E-state index contributed by atoms with van der Waals surface area (Å²) in [7, 11) is 0. The van der Waals surface area contributed by atoms with Crippen LogP contribution in [0, 0.1) is 6.92 Å². The number of hydrogen-bond donors (Lipinski definition) is 2. The van der Waals surface area contributed by atoms with E-state index in [0.717, 1.165) is 43.6 Å². The van der Waals surface area contributed by atoms with E-state index in [4.69, 9.17) is 0 Å². The largest absolute Gasteiger partial charge is 0.344 e. The lowest BCUT2D eigenvalue weighted by Gasteiger charge is -2.23. The summed E-state index contributed by atoms with van der Waals surface area (Å²) in [6, 6.07) is 8.62. The number of nitrogens with one attached hydrogen (secondary N) is 2. The van der Waals surface area contributed by atoms with Gasteiger partial charge >= 0.3 is 0 Å². The van der Waals surface area contributed by atoms with Gasteiger partial charge in [-0.05, 0) is 57.3 Å². The van der Waals surface area contributed by atoms with Gasteiger partial charge in [0, 0.05) is 0 Å². The lowest BCUT2D eigenvalue weighted by atomic mass is 10.0. The fourth-order valence-electron chi connectivity index (χ4n) is 3.34. The monoisotopic (exact) mass is 341 g/mol. The van der Waals surface area contributed by atoms with Crippen LogP contribution in [-0.2, 0) is 6.42 Å². The summed E-state index contributed by atoms with van der Waals surface area (Å²) in [4.78, 5) is 12.6. The Hall–Kier alpha value is -2.21. The molecule has 1 aromatic carbocycles. The average Bonchev–Trinajstić information content (AvgIpc) is 3.04. The van der Waals surface area contributed by atoms with Crippen molar-refractivity contribution in [3.8, 4) is 0 Å². The number of benzene rings is 1. The molecule has 0 radical (unpaired) electrons. The van der Waals surface area contributed by atoms with E-state index in [-0.39, 0.29) is 11.9 Å². The highest BCUT2D eigenvalue weighted by atomic mass is 16.2. The number of piperidine rings is 1. The van der Waals surface area contributed by atoms with Gasteiger partial charge in [0.15, 0.2) is 5.69 Å². The molecule has 1 aliphatic heterocycles. The minimum atomic E-state index is -0.162. The van der Waals surface area contributed by atoms with E-state index in [1.165, 1.54) is 5.56 Å². The summed E-state index contributed by atoms with van der Waals surface area (Å²) >= 11 is 0. The van der Waals surface area contributed by atoms with Gasteiger partial charge in [-0.1, -0.05) is 36.4 Å². The molecule has 1 atom stereocenters. The lowest BCUT2D eigenvalue weighted by molar-refractivity contribution is 0.0934. The number of rotatable bonds is 5. The van der Waals surface area contributed by atoms with E-state index in [0.29, 0.717) is 11.7 Å². The average molecular weight is 341 g/mol. The highest BCUT2D eigenvalue weighted by Gasteiger charge is 2.23.